The number of carbonyl (C=O) groups excluding carboxylic acids is 2. The molecule has 31 heavy (non-hydrogen) atoms. The van der Waals surface area contributed by atoms with Crippen molar-refractivity contribution in [3.8, 4) is 5.75 Å². The molecule has 0 bridgehead atoms. The van der Waals surface area contributed by atoms with E-state index < -0.39 is 5.60 Å². The van der Waals surface area contributed by atoms with Crippen LogP contribution in [0.3, 0.4) is 0 Å². The van der Waals surface area contributed by atoms with Crippen molar-refractivity contribution in [2.45, 2.75) is 39.7 Å². The van der Waals surface area contributed by atoms with Crippen LogP contribution in [0.4, 0.5) is 4.79 Å². The first-order chi connectivity index (χ1) is 14.8. The molecule has 174 valence electrons. The molecule has 8 nitrogen and oxygen atoms in total. The number of nitrogens with zero attached hydrogens (tertiary/aromatic N) is 2. The van der Waals surface area contributed by atoms with Gasteiger partial charge in [-0.05, 0) is 52.8 Å². The molecule has 1 N–H and O–H groups in total. The standard InChI is InChI=1S/C23H37N3O5/c1-5-29-17-18-30-20-10-7-6-9-19(20)21(27)24-11-8-12-25-13-15-26(16-14-25)22(28)31-23(2,3)4/h6-7,9-10H,5,8,11-18H2,1-4H3,(H,24,27). The molecule has 1 aliphatic rings. The Kier molecular flexibility index (Phi) is 10.1. The van der Waals surface area contributed by atoms with Crippen LogP contribution in [-0.2, 0) is 9.47 Å². The number of amides is 2. The van der Waals surface area contributed by atoms with Gasteiger partial charge in [0.15, 0.2) is 0 Å². The topological polar surface area (TPSA) is 80.3 Å². The number of carbonyl (C=O) groups is 2. The predicted octanol–water partition coefficient (Wildman–Crippen LogP) is 2.77. The van der Waals surface area contributed by atoms with E-state index in [2.05, 4.69) is 10.2 Å². The molecule has 1 saturated heterocycles. The highest BCUT2D eigenvalue weighted by molar-refractivity contribution is 5.96. The van der Waals surface area contributed by atoms with Crippen LogP contribution in [0.2, 0.25) is 0 Å². The van der Waals surface area contributed by atoms with Crippen LogP contribution < -0.4 is 10.1 Å². The first-order valence-corrected chi connectivity index (χ1v) is 11.1. The highest BCUT2D eigenvalue weighted by atomic mass is 16.6. The lowest BCUT2D eigenvalue weighted by atomic mass is 10.2. The van der Waals surface area contributed by atoms with E-state index in [0.717, 1.165) is 26.1 Å². The zero-order valence-corrected chi connectivity index (χ0v) is 19.3. The molecule has 0 aliphatic carbocycles. The summed E-state index contributed by atoms with van der Waals surface area (Å²) in [7, 11) is 0. The summed E-state index contributed by atoms with van der Waals surface area (Å²) in [5.41, 5.74) is 0.0595. The molecule has 1 heterocycles. The van der Waals surface area contributed by atoms with Crippen LogP contribution >= 0.6 is 0 Å². The Morgan fingerprint density at radius 3 is 2.45 bits per heavy atom. The van der Waals surface area contributed by atoms with Gasteiger partial charge < -0.3 is 24.4 Å². The Morgan fingerprint density at radius 1 is 1.06 bits per heavy atom. The number of benzene rings is 1. The minimum atomic E-state index is -0.473. The van der Waals surface area contributed by atoms with Gasteiger partial charge in [0.05, 0.1) is 12.2 Å². The van der Waals surface area contributed by atoms with Gasteiger partial charge in [0, 0.05) is 39.3 Å². The molecule has 0 unspecified atom stereocenters. The van der Waals surface area contributed by atoms with Gasteiger partial charge >= 0.3 is 6.09 Å². The van der Waals surface area contributed by atoms with Crippen LogP contribution in [-0.4, -0.2) is 86.5 Å². The van der Waals surface area contributed by atoms with Crippen molar-refractivity contribution in [1.82, 2.24) is 15.1 Å². The fourth-order valence-electron chi connectivity index (χ4n) is 3.22. The molecular formula is C23H37N3O5. The van der Waals surface area contributed by atoms with Gasteiger partial charge in [-0.3, -0.25) is 9.69 Å². The molecule has 0 aromatic heterocycles. The van der Waals surface area contributed by atoms with Gasteiger partial charge in [0.2, 0.25) is 0 Å². The van der Waals surface area contributed by atoms with Crippen molar-refractivity contribution in [2.75, 3.05) is 59.1 Å². The van der Waals surface area contributed by atoms with Crippen molar-refractivity contribution >= 4 is 12.0 Å². The second kappa shape index (κ2) is 12.5. The number of piperazine rings is 1. The first-order valence-electron chi connectivity index (χ1n) is 11.1. The molecule has 0 radical (unpaired) electrons. The maximum atomic E-state index is 12.5. The van der Waals surface area contributed by atoms with E-state index in [0.29, 0.717) is 50.8 Å². The average molecular weight is 436 g/mol. The van der Waals surface area contributed by atoms with E-state index in [-0.39, 0.29) is 12.0 Å². The number of hydrogen-bond acceptors (Lipinski definition) is 6. The molecule has 1 aliphatic heterocycles. The molecule has 2 amide bonds. The van der Waals surface area contributed by atoms with Crippen LogP contribution in [0.1, 0.15) is 44.5 Å². The van der Waals surface area contributed by atoms with Crippen molar-refractivity contribution < 1.29 is 23.8 Å². The van der Waals surface area contributed by atoms with Gasteiger partial charge in [-0.15, -0.1) is 0 Å². The van der Waals surface area contributed by atoms with Gasteiger partial charge in [-0.1, -0.05) is 12.1 Å². The third kappa shape index (κ3) is 9.14. The zero-order valence-electron chi connectivity index (χ0n) is 19.3. The summed E-state index contributed by atoms with van der Waals surface area (Å²) < 4.78 is 16.4. The van der Waals surface area contributed by atoms with Gasteiger partial charge in [-0.25, -0.2) is 4.79 Å². The summed E-state index contributed by atoms with van der Waals surface area (Å²) in [5.74, 6) is 0.430. The zero-order chi connectivity index (χ0) is 22.7. The van der Waals surface area contributed by atoms with E-state index in [4.69, 9.17) is 14.2 Å². The predicted molar refractivity (Wildman–Crippen MR) is 120 cm³/mol. The largest absolute Gasteiger partial charge is 0.490 e. The van der Waals surface area contributed by atoms with Gasteiger partial charge in [-0.2, -0.15) is 0 Å². The second-order valence-corrected chi connectivity index (χ2v) is 8.46. The Labute approximate surface area is 185 Å². The molecule has 1 aromatic rings. The third-order valence-corrected chi connectivity index (χ3v) is 4.78. The number of hydrogen-bond donors (Lipinski definition) is 1. The molecular weight excluding hydrogens is 398 g/mol. The molecule has 1 aromatic carbocycles. The lowest BCUT2D eigenvalue weighted by Gasteiger charge is -2.35. The molecule has 2 rings (SSSR count). The summed E-state index contributed by atoms with van der Waals surface area (Å²) >= 11 is 0. The van der Waals surface area contributed by atoms with Crippen LogP contribution in [0, 0.1) is 0 Å². The maximum absolute atomic E-state index is 12.5. The summed E-state index contributed by atoms with van der Waals surface area (Å²) in [4.78, 5) is 28.7. The van der Waals surface area contributed by atoms with Gasteiger partial charge in [0.1, 0.15) is 18.0 Å². The summed E-state index contributed by atoms with van der Waals surface area (Å²) in [5, 5.41) is 2.97. The van der Waals surface area contributed by atoms with Crippen molar-refractivity contribution in [2.24, 2.45) is 0 Å². The van der Waals surface area contributed by atoms with E-state index in [1.807, 2.05) is 39.8 Å². The van der Waals surface area contributed by atoms with Crippen molar-refractivity contribution in [3.63, 3.8) is 0 Å². The normalized spacial score (nSPS) is 14.9. The minimum Gasteiger partial charge on any atom is -0.490 e. The molecule has 8 heteroatoms. The molecule has 0 saturated carbocycles. The summed E-state index contributed by atoms with van der Waals surface area (Å²) in [6.45, 7) is 13.5. The lowest BCUT2D eigenvalue weighted by Crippen LogP contribution is -2.50. The quantitative estimate of drug-likeness (QED) is 0.569. The smallest absolute Gasteiger partial charge is 0.410 e. The summed E-state index contributed by atoms with van der Waals surface area (Å²) in [6.07, 6.45) is 0.590. The molecule has 1 fully saturated rings. The second-order valence-electron chi connectivity index (χ2n) is 8.46. The molecule has 0 atom stereocenters. The number of para-hydroxylation sites is 1. The SMILES string of the molecule is CCOCCOc1ccccc1C(=O)NCCCN1CCN(C(=O)OC(C)(C)C)CC1. The fourth-order valence-corrected chi connectivity index (χ4v) is 3.22. The van der Waals surface area contributed by atoms with E-state index in [1.54, 1.807) is 17.0 Å². The van der Waals surface area contributed by atoms with E-state index in [1.165, 1.54) is 0 Å². The Hall–Kier alpha value is -2.32. The minimum absolute atomic E-state index is 0.137. The fraction of sp³-hybridized carbons (Fsp3) is 0.652. The third-order valence-electron chi connectivity index (χ3n) is 4.78. The number of ether oxygens (including phenoxy) is 3. The molecule has 0 spiro atoms. The highest BCUT2D eigenvalue weighted by Crippen LogP contribution is 2.18. The van der Waals surface area contributed by atoms with Crippen LogP contribution in [0.15, 0.2) is 24.3 Å². The lowest BCUT2D eigenvalue weighted by molar-refractivity contribution is 0.0144. The van der Waals surface area contributed by atoms with Gasteiger partial charge in [0.25, 0.3) is 5.91 Å². The average Bonchev–Trinajstić information content (AvgIpc) is 2.73. The van der Waals surface area contributed by atoms with Crippen LogP contribution in [0.5, 0.6) is 5.75 Å². The van der Waals surface area contributed by atoms with E-state index >= 15 is 0 Å². The van der Waals surface area contributed by atoms with Crippen LogP contribution in [0.25, 0.3) is 0 Å². The number of nitrogens with one attached hydrogen (secondary N) is 1. The monoisotopic (exact) mass is 435 g/mol. The Balaban J connectivity index is 1.67. The first kappa shape index (κ1) is 24.9. The summed E-state index contributed by atoms with van der Waals surface area (Å²) in [6, 6.07) is 7.24. The Morgan fingerprint density at radius 2 is 1.77 bits per heavy atom. The maximum Gasteiger partial charge on any atom is 0.410 e. The Bertz CT molecular complexity index is 697. The van der Waals surface area contributed by atoms with E-state index in [9.17, 15) is 9.59 Å². The van der Waals surface area contributed by atoms with Crippen molar-refractivity contribution in [3.05, 3.63) is 29.8 Å². The van der Waals surface area contributed by atoms with Crippen molar-refractivity contribution in [1.29, 1.82) is 0 Å². The number of rotatable bonds is 10. The highest BCUT2D eigenvalue weighted by Gasteiger charge is 2.25.